The summed E-state index contributed by atoms with van der Waals surface area (Å²) in [6.45, 7) is 4.48. The number of rotatable bonds is 3. The third-order valence-electron chi connectivity index (χ3n) is 2.89. The minimum atomic E-state index is -0.263. The number of benzene rings is 1. The van der Waals surface area contributed by atoms with Gasteiger partial charge in [-0.15, -0.1) is 0 Å². The van der Waals surface area contributed by atoms with E-state index in [0.717, 1.165) is 18.4 Å². The van der Waals surface area contributed by atoms with Gasteiger partial charge >= 0.3 is 0 Å². The molecule has 0 bridgehead atoms. The Bertz CT molecular complexity index is 365. The van der Waals surface area contributed by atoms with Crippen molar-refractivity contribution in [2.75, 3.05) is 6.61 Å². The molecule has 2 unspecified atom stereocenters. The zero-order chi connectivity index (χ0) is 11.5. The van der Waals surface area contributed by atoms with E-state index in [-0.39, 0.29) is 11.9 Å². The third kappa shape index (κ3) is 2.73. The van der Waals surface area contributed by atoms with Crippen molar-refractivity contribution >= 4 is 0 Å². The van der Waals surface area contributed by atoms with E-state index < -0.39 is 0 Å². The summed E-state index contributed by atoms with van der Waals surface area (Å²) < 4.78 is 24.2. The highest BCUT2D eigenvalue weighted by atomic mass is 19.1. The molecule has 2 rings (SSSR count). The summed E-state index contributed by atoms with van der Waals surface area (Å²) in [6, 6.07) is 4.59. The van der Waals surface area contributed by atoms with Gasteiger partial charge in [-0.3, -0.25) is 0 Å². The number of hydrogen-bond donors (Lipinski definition) is 0. The van der Waals surface area contributed by atoms with E-state index in [1.807, 2.05) is 6.92 Å². The zero-order valence-electron chi connectivity index (χ0n) is 9.70. The Labute approximate surface area is 95.4 Å². The molecule has 0 saturated carbocycles. The maximum absolute atomic E-state index is 13.0. The summed E-state index contributed by atoms with van der Waals surface area (Å²) in [5, 5.41) is 0. The second-order valence-corrected chi connectivity index (χ2v) is 4.37. The van der Waals surface area contributed by atoms with E-state index in [9.17, 15) is 4.39 Å². The third-order valence-corrected chi connectivity index (χ3v) is 2.89. The van der Waals surface area contributed by atoms with Gasteiger partial charge in [-0.1, -0.05) is 6.07 Å². The van der Waals surface area contributed by atoms with Gasteiger partial charge in [0, 0.05) is 6.07 Å². The predicted octanol–water partition coefficient (Wildman–Crippen LogP) is 3.08. The molecular formula is C13H17FO2. The molecule has 0 aromatic heterocycles. The van der Waals surface area contributed by atoms with Crippen LogP contribution in [0.25, 0.3) is 0 Å². The summed E-state index contributed by atoms with van der Waals surface area (Å²) in [5.74, 6) is 0.351. The average molecular weight is 224 g/mol. The van der Waals surface area contributed by atoms with Crippen molar-refractivity contribution in [1.29, 1.82) is 0 Å². The Morgan fingerprint density at radius 3 is 2.94 bits per heavy atom. The quantitative estimate of drug-likeness (QED) is 0.785. The molecule has 1 aromatic rings. The van der Waals surface area contributed by atoms with E-state index in [1.165, 1.54) is 12.1 Å². The summed E-state index contributed by atoms with van der Waals surface area (Å²) in [7, 11) is 0. The van der Waals surface area contributed by atoms with Crippen molar-refractivity contribution in [3.8, 4) is 5.75 Å². The lowest BCUT2D eigenvalue weighted by molar-refractivity contribution is 0.0262. The van der Waals surface area contributed by atoms with E-state index in [4.69, 9.17) is 9.47 Å². The molecule has 88 valence electrons. The minimum absolute atomic E-state index is 0.151. The minimum Gasteiger partial charge on any atom is -0.491 e. The van der Waals surface area contributed by atoms with E-state index >= 15 is 0 Å². The topological polar surface area (TPSA) is 18.5 Å². The van der Waals surface area contributed by atoms with Gasteiger partial charge in [-0.25, -0.2) is 4.39 Å². The van der Waals surface area contributed by atoms with Gasteiger partial charge in [0.2, 0.25) is 0 Å². The second-order valence-electron chi connectivity index (χ2n) is 4.37. The van der Waals surface area contributed by atoms with Crippen LogP contribution >= 0.6 is 0 Å². The molecule has 0 amide bonds. The first-order valence-corrected chi connectivity index (χ1v) is 5.69. The lowest BCUT2D eigenvalue weighted by Gasteiger charge is -2.14. The Hall–Kier alpha value is -1.09. The van der Waals surface area contributed by atoms with Gasteiger partial charge in [0.05, 0.1) is 12.2 Å². The van der Waals surface area contributed by atoms with Crippen LogP contribution in [0.4, 0.5) is 4.39 Å². The van der Waals surface area contributed by atoms with Crippen LogP contribution in [0.1, 0.15) is 25.3 Å². The van der Waals surface area contributed by atoms with Crippen LogP contribution in [0.3, 0.4) is 0 Å². The molecule has 16 heavy (non-hydrogen) atoms. The van der Waals surface area contributed by atoms with Crippen LogP contribution in [-0.4, -0.2) is 18.8 Å². The molecule has 1 aromatic carbocycles. The van der Waals surface area contributed by atoms with Crippen molar-refractivity contribution < 1.29 is 13.9 Å². The first-order chi connectivity index (χ1) is 7.65. The molecule has 0 N–H and O–H groups in total. The highest BCUT2D eigenvalue weighted by Gasteiger charge is 2.22. The summed E-state index contributed by atoms with van der Waals surface area (Å²) in [4.78, 5) is 0. The molecule has 2 atom stereocenters. The molecular weight excluding hydrogens is 207 g/mol. The highest BCUT2D eigenvalue weighted by molar-refractivity contribution is 5.32. The molecule has 0 spiro atoms. The number of halogens is 1. The molecule has 0 radical (unpaired) electrons. The smallest absolute Gasteiger partial charge is 0.126 e. The fraction of sp³-hybridized carbons (Fsp3) is 0.538. The van der Waals surface area contributed by atoms with E-state index in [1.54, 1.807) is 6.07 Å². The van der Waals surface area contributed by atoms with Crippen molar-refractivity contribution in [2.24, 2.45) is 0 Å². The lowest BCUT2D eigenvalue weighted by Crippen LogP contribution is -2.18. The molecule has 1 aliphatic rings. The number of ether oxygens (including phenoxy) is 2. The molecule has 0 aliphatic carbocycles. The maximum Gasteiger partial charge on any atom is 0.126 e. The Morgan fingerprint density at radius 1 is 1.44 bits per heavy atom. The maximum atomic E-state index is 13.0. The molecule has 3 heteroatoms. The van der Waals surface area contributed by atoms with E-state index in [0.29, 0.717) is 18.5 Å². The number of hydrogen-bond acceptors (Lipinski definition) is 2. The summed E-state index contributed by atoms with van der Waals surface area (Å²) in [6.07, 6.45) is 2.57. The first-order valence-electron chi connectivity index (χ1n) is 5.69. The first kappa shape index (κ1) is 11.4. The van der Waals surface area contributed by atoms with Gasteiger partial charge in [0.25, 0.3) is 0 Å². The van der Waals surface area contributed by atoms with Crippen LogP contribution in [0.15, 0.2) is 18.2 Å². The van der Waals surface area contributed by atoms with Gasteiger partial charge in [0.1, 0.15) is 18.2 Å². The number of aryl methyl sites for hydroxylation is 1. The Balaban J connectivity index is 1.91. The van der Waals surface area contributed by atoms with Crippen molar-refractivity contribution in [2.45, 2.75) is 38.9 Å². The second kappa shape index (κ2) is 4.83. The van der Waals surface area contributed by atoms with Gasteiger partial charge in [0.15, 0.2) is 0 Å². The standard InChI is InChI=1S/C13H17FO2/c1-9-3-5-11(14)7-13(9)15-8-12-6-4-10(2)16-12/h3,5,7,10,12H,4,6,8H2,1-2H3. The van der Waals surface area contributed by atoms with Crippen LogP contribution in [0, 0.1) is 12.7 Å². The van der Waals surface area contributed by atoms with Crippen LogP contribution in [0.5, 0.6) is 5.75 Å². The van der Waals surface area contributed by atoms with Crippen molar-refractivity contribution in [3.63, 3.8) is 0 Å². The SMILES string of the molecule is Cc1ccc(F)cc1OCC1CCC(C)O1. The molecule has 1 fully saturated rings. The van der Waals surface area contributed by atoms with Crippen LogP contribution < -0.4 is 4.74 Å². The van der Waals surface area contributed by atoms with Gasteiger partial charge in [-0.2, -0.15) is 0 Å². The fourth-order valence-electron chi connectivity index (χ4n) is 1.92. The van der Waals surface area contributed by atoms with Crippen molar-refractivity contribution in [1.82, 2.24) is 0 Å². The zero-order valence-corrected chi connectivity index (χ0v) is 9.70. The Kier molecular flexibility index (Phi) is 3.44. The van der Waals surface area contributed by atoms with E-state index in [2.05, 4.69) is 6.92 Å². The molecule has 1 aliphatic heterocycles. The monoisotopic (exact) mass is 224 g/mol. The molecule has 1 saturated heterocycles. The van der Waals surface area contributed by atoms with Gasteiger partial charge < -0.3 is 9.47 Å². The predicted molar refractivity (Wildman–Crippen MR) is 60.2 cm³/mol. The van der Waals surface area contributed by atoms with Crippen molar-refractivity contribution in [3.05, 3.63) is 29.6 Å². The summed E-state index contributed by atoms with van der Waals surface area (Å²) >= 11 is 0. The average Bonchev–Trinajstić information content (AvgIpc) is 2.66. The fourth-order valence-corrected chi connectivity index (χ4v) is 1.92. The van der Waals surface area contributed by atoms with Gasteiger partial charge in [-0.05, 0) is 38.3 Å². The molecule has 1 heterocycles. The Morgan fingerprint density at radius 2 is 2.25 bits per heavy atom. The summed E-state index contributed by atoms with van der Waals surface area (Å²) in [5.41, 5.74) is 0.951. The largest absolute Gasteiger partial charge is 0.491 e. The lowest BCUT2D eigenvalue weighted by atomic mass is 10.2. The highest BCUT2D eigenvalue weighted by Crippen LogP contribution is 2.23. The van der Waals surface area contributed by atoms with Crippen LogP contribution in [0.2, 0.25) is 0 Å². The normalized spacial score (nSPS) is 24.7. The van der Waals surface area contributed by atoms with Crippen LogP contribution in [-0.2, 0) is 4.74 Å². The molecule has 2 nitrogen and oxygen atoms in total.